The molecule has 0 radical (unpaired) electrons. The fourth-order valence-electron chi connectivity index (χ4n) is 3.14. The highest BCUT2D eigenvalue weighted by Gasteiger charge is 2.42. The van der Waals surface area contributed by atoms with Gasteiger partial charge in [0.25, 0.3) is 0 Å². The van der Waals surface area contributed by atoms with Gasteiger partial charge in [-0.25, -0.2) is 4.79 Å². The summed E-state index contributed by atoms with van der Waals surface area (Å²) in [5, 5.41) is 12.3. The van der Waals surface area contributed by atoms with Gasteiger partial charge < -0.3 is 15.3 Å². The molecule has 6 nitrogen and oxygen atoms in total. The molecule has 1 aromatic heterocycles. The Hall–Kier alpha value is -2.38. The van der Waals surface area contributed by atoms with E-state index in [2.05, 4.69) is 5.32 Å². The van der Waals surface area contributed by atoms with Crippen molar-refractivity contribution < 1.29 is 19.5 Å². The number of hydrogen-bond donors (Lipinski definition) is 2. The second-order valence-electron chi connectivity index (χ2n) is 6.10. The van der Waals surface area contributed by atoms with Crippen LogP contribution in [0, 0.1) is 5.92 Å². The number of carbonyl (C=O) groups is 3. The number of amides is 2. The molecular formula is C18H17ClN2O4S. The van der Waals surface area contributed by atoms with Crippen molar-refractivity contribution in [3.05, 3.63) is 56.7 Å². The molecule has 2 unspecified atom stereocenters. The predicted molar refractivity (Wildman–Crippen MR) is 98.2 cm³/mol. The highest BCUT2D eigenvalue weighted by Crippen LogP contribution is 2.37. The largest absolute Gasteiger partial charge is 0.477 e. The molecule has 8 heteroatoms. The van der Waals surface area contributed by atoms with E-state index in [4.69, 9.17) is 16.7 Å². The van der Waals surface area contributed by atoms with Gasteiger partial charge in [0.15, 0.2) is 0 Å². The van der Waals surface area contributed by atoms with Crippen LogP contribution < -0.4 is 5.32 Å². The number of nitrogens with one attached hydrogen (secondary N) is 1. The van der Waals surface area contributed by atoms with Crippen LogP contribution in [0.25, 0.3) is 0 Å². The summed E-state index contributed by atoms with van der Waals surface area (Å²) in [5.41, 5.74) is 0.815. The maximum atomic E-state index is 12.7. The molecule has 0 saturated carbocycles. The van der Waals surface area contributed by atoms with E-state index in [0.717, 1.165) is 21.8 Å². The Morgan fingerprint density at radius 1 is 1.35 bits per heavy atom. The quantitative estimate of drug-likeness (QED) is 0.819. The molecule has 136 valence electrons. The first-order chi connectivity index (χ1) is 12.4. The lowest BCUT2D eigenvalue weighted by Crippen LogP contribution is -2.34. The molecule has 2 heterocycles. The molecule has 2 N–H and O–H groups in total. The zero-order valence-corrected chi connectivity index (χ0v) is 15.5. The van der Waals surface area contributed by atoms with Gasteiger partial charge in [-0.05, 0) is 29.8 Å². The number of hydrogen-bond acceptors (Lipinski definition) is 4. The molecular weight excluding hydrogens is 376 g/mol. The fraction of sp³-hybridized carbons (Fsp3) is 0.278. The minimum Gasteiger partial charge on any atom is -0.477 e. The molecule has 2 amide bonds. The van der Waals surface area contributed by atoms with Gasteiger partial charge in [-0.2, -0.15) is 0 Å². The van der Waals surface area contributed by atoms with E-state index in [1.165, 1.54) is 6.07 Å². The maximum Gasteiger partial charge on any atom is 0.345 e. The highest BCUT2D eigenvalue weighted by molar-refractivity contribution is 7.13. The molecule has 2 aromatic rings. The third-order valence-electron chi connectivity index (χ3n) is 4.42. The monoisotopic (exact) mass is 392 g/mol. The van der Waals surface area contributed by atoms with Crippen molar-refractivity contribution in [1.29, 1.82) is 0 Å². The summed E-state index contributed by atoms with van der Waals surface area (Å²) >= 11 is 7.17. The van der Waals surface area contributed by atoms with Crippen LogP contribution >= 0.6 is 22.9 Å². The number of carboxylic acid groups (broad SMARTS) is 1. The Bertz CT molecular complexity index is 866. The number of nitrogens with zero attached hydrogens (tertiary/aromatic N) is 1. The number of thiophene rings is 1. The van der Waals surface area contributed by atoms with E-state index in [1.54, 1.807) is 36.2 Å². The Labute approximate surface area is 159 Å². The summed E-state index contributed by atoms with van der Waals surface area (Å²) in [6.07, 6.45) is 0.129. The number of likely N-dealkylation sites (tertiary alicyclic amines) is 1. The van der Waals surface area contributed by atoms with Crippen LogP contribution in [-0.4, -0.2) is 34.8 Å². The lowest BCUT2D eigenvalue weighted by molar-refractivity contribution is -0.128. The van der Waals surface area contributed by atoms with Crippen molar-refractivity contribution in [2.75, 3.05) is 7.05 Å². The minimum absolute atomic E-state index is 0.0978. The third kappa shape index (κ3) is 3.73. The van der Waals surface area contributed by atoms with Crippen molar-refractivity contribution in [3.8, 4) is 0 Å². The van der Waals surface area contributed by atoms with E-state index in [-0.39, 0.29) is 35.7 Å². The van der Waals surface area contributed by atoms with E-state index in [0.29, 0.717) is 5.02 Å². The molecule has 1 saturated heterocycles. The smallest absolute Gasteiger partial charge is 0.345 e. The fourth-order valence-corrected chi connectivity index (χ4v) is 4.13. The van der Waals surface area contributed by atoms with Crippen molar-refractivity contribution >= 4 is 40.7 Å². The van der Waals surface area contributed by atoms with E-state index in [1.807, 2.05) is 6.07 Å². The molecule has 0 aliphatic carbocycles. The molecule has 1 fully saturated rings. The molecule has 0 spiro atoms. The Balaban J connectivity index is 1.73. The Morgan fingerprint density at radius 2 is 2.12 bits per heavy atom. The number of carboxylic acids is 1. The Morgan fingerprint density at radius 3 is 2.77 bits per heavy atom. The molecule has 0 bridgehead atoms. The second-order valence-corrected chi connectivity index (χ2v) is 7.71. The van der Waals surface area contributed by atoms with Crippen molar-refractivity contribution in [3.63, 3.8) is 0 Å². The van der Waals surface area contributed by atoms with Gasteiger partial charge >= 0.3 is 5.97 Å². The average Bonchev–Trinajstić information content (AvgIpc) is 3.18. The van der Waals surface area contributed by atoms with Gasteiger partial charge in [0.1, 0.15) is 4.88 Å². The van der Waals surface area contributed by atoms with Crippen LogP contribution in [0.4, 0.5) is 0 Å². The van der Waals surface area contributed by atoms with Crippen molar-refractivity contribution in [1.82, 2.24) is 10.2 Å². The molecule has 1 aliphatic heterocycles. The Kier molecular flexibility index (Phi) is 5.29. The normalized spacial score (nSPS) is 19.6. The third-order valence-corrected chi connectivity index (χ3v) is 5.73. The SMILES string of the molecule is CN1C(=O)CC(C(=O)NCc2ccc(C(=O)O)s2)C1c1cccc(Cl)c1. The first kappa shape index (κ1) is 18.4. The lowest BCUT2D eigenvalue weighted by atomic mass is 9.93. The van der Waals surface area contributed by atoms with Gasteiger partial charge in [0, 0.05) is 23.4 Å². The topological polar surface area (TPSA) is 86.7 Å². The van der Waals surface area contributed by atoms with Gasteiger partial charge in [0.2, 0.25) is 11.8 Å². The number of carbonyl (C=O) groups excluding carboxylic acids is 2. The molecule has 3 rings (SSSR count). The summed E-state index contributed by atoms with van der Waals surface area (Å²) < 4.78 is 0. The molecule has 26 heavy (non-hydrogen) atoms. The average molecular weight is 393 g/mol. The molecule has 1 aliphatic rings. The van der Waals surface area contributed by atoms with Gasteiger partial charge in [-0.1, -0.05) is 23.7 Å². The lowest BCUT2D eigenvalue weighted by Gasteiger charge is -2.25. The van der Waals surface area contributed by atoms with E-state index in [9.17, 15) is 14.4 Å². The standard InChI is InChI=1S/C18H17ClN2O4S/c1-21-15(22)8-13(16(21)10-3-2-4-11(19)7-10)17(23)20-9-12-5-6-14(26-12)18(24)25/h2-7,13,16H,8-9H2,1H3,(H,20,23)(H,24,25). The summed E-state index contributed by atoms with van der Waals surface area (Å²) in [6.45, 7) is 0.230. The molecule has 2 atom stereocenters. The number of halogens is 1. The zero-order valence-electron chi connectivity index (χ0n) is 13.9. The predicted octanol–water partition coefficient (Wildman–Crippen LogP) is 2.94. The summed E-state index contributed by atoms with van der Waals surface area (Å²) in [4.78, 5) is 38.3. The van der Waals surface area contributed by atoms with Crippen LogP contribution in [0.15, 0.2) is 36.4 Å². The minimum atomic E-state index is -0.989. The van der Waals surface area contributed by atoms with E-state index >= 15 is 0 Å². The van der Waals surface area contributed by atoms with Crippen LogP contribution in [-0.2, 0) is 16.1 Å². The maximum absolute atomic E-state index is 12.7. The van der Waals surface area contributed by atoms with Crippen LogP contribution in [0.1, 0.15) is 32.6 Å². The number of benzene rings is 1. The van der Waals surface area contributed by atoms with Crippen LogP contribution in [0.2, 0.25) is 5.02 Å². The first-order valence-electron chi connectivity index (χ1n) is 7.97. The van der Waals surface area contributed by atoms with Gasteiger partial charge in [-0.3, -0.25) is 9.59 Å². The zero-order chi connectivity index (χ0) is 18.8. The van der Waals surface area contributed by atoms with Crippen LogP contribution in [0.3, 0.4) is 0 Å². The van der Waals surface area contributed by atoms with Gasteiger partial charge in [-0.15, -0.1) is 11.3 Å². The number of aromatic carboxylic acids is 1. The van der Waals surface area contributed by atoms with Crippen molar-refractivity contribution in [2.24, 2.45) is 5.92 Å². The second kappa shape index (κ2) is 7.47. The number of rotatable bonds is 5. The van der Waals surface area contributed by atoms with Crippen LogP contribution in [0.5, 0.6) is 0 Å². The van der Waals surface area contributed by atoms with E-state index < -0.39 is 11.9 Å². The molecule has 1 aromatic carbocycles. The van der Waals surface area contributed by atoms with Crippen molar-refractivity contribution in [2.45, 2.75) is 19.0 Å². The van der Waals surface area contributed by atoms with Gasteiger partial charge in [0.05, 0.1) is 18.5 Å². The first-order valence-corrected chi connectivity index (χ1v) is 9.17. The summed E-state index contributed by atoms with van der Waals surface area (Å²) in [7, 11) is 1.68. The summed E-state index contributed by atoms with van der Waals surface area (Å²) in [5.74, 6) is -1.85. The highest BCUT2D eigenvalue weighted by atomic mass is 35.5. The summed E-state index contributed by atoms with van der Waals surface area (Å²) in [6, 6.07) is 9.96.